The van der Waals surface area contributed by atoms with E-state index in [-0.39, 0.29) is 11.9 Å². The number of anilines is 1. The van der Waals surface area contributed by atoms with Gasteiger partial charge in [-0.25, -0.2) is 9.97 Å². The standard InChI is InChI=1S/C24H28N6O/c31-23(26-21(17-30-16-8-13-25-30)18-9-2-1-3-10-18)22-19-11-4-5-12-20(19)27-24(28-22)29-14-6-7-15-29/h1-3,8-10,13,16,21H,4-7,11-12,14-15,17H2,(H,26,31)/t21-/m1/s1. The van der Waals surface area contributed by atoms with Crippen molar-refractivity contribution in [2.24, 2.45) is 0 Å². The van der Waals surface area contributed by atoms with Gasteiger partial charge < -0.3 is 10.2 Å². The van der Waals surface area contributed by atoms with E-state index in [0.717, 1.165) is 68.4 Å². The monoisotopic (exact) mass is 416 g/mol. The zero-order valence-corrected chi connectivity index (χ0v) is 17.7. The van der Waals surface area contributed by atoms with Crippen molar-refractivity contribution in [3.8, 4) is 0 Å². The van der Waals surface area contributed by atoms with Crippen LogP contribution < -0.4 is 10.2 Å². The SMILES string of the molecule is O=C(N[C@H](Cn1cccn1)c1ccccc1)c1nc(N2CCCC2)nc2c1CCCC2. The van der Waals surface area contributed by atoms with Crippen LogP contribution in [0.4, 0.5) is 5.95 Å². The van der Waals surface area contributed by atoms with Crippen molar-refractivity contribution < 1.29 is 4.79 Å². The summed E-state index contributed by atoms with van der Waals surface area (Å²) >= 11 is 0. The molecule has 160 valence electrons. The number of carbonyl (C=O) groups is 1. The molecule has 31 heavy (non-hydrogen) atoms. The van der Waals surface area contributed by atoms with Gasteiger partial charge in [0.05, 0.1) is 12.6 Å². The highest BCUT2D eigenvalue weighted by Gasteiger charge is 2.27. The summed E-state index contributed by atoms with van der Waals surface area (Å²) in [5.74, 6) is 0.591. The van der Waals surface area contributed by atoms with Crippen molar-refractivity contribution in [1.82, 2.24) is 25.1 Å². The summed E-state index contributed by atoms with van der Waals surface area (Å²) in [4.78, 5) is 25.4. The van der Waals surface area contributed by atoms with Crippen LogP contribution in [-0.2, 0) is 19.4 Å². The first-order valence-corrected chi connectivity index (χ1v) is 11.3. The van der Waals surface area contributed by atoms with Crippen LogP contribution in [0, 0.1) is 0 Å². The van der Waals surface area contributed by atoms with Gasteiger partial charge in [-0.15, -0.1) is 0 Å². The fourth-order valence-electron chi connectivity index (χ4n) is 4.57. The second kappa shape index (κ2) is 8.88. The van der Waals surface area contributed by atoms with E-state index in [1.54, 1.807) is 6.20 Å². The molecule has 0 saturated carbocycles. The number of aromatic nitrogens is 4. The molecule has 1 saturated heterocycles. The Balaban J connectivity index is 1.46. The summed E-state index contributed by atoms with van der Waals surface area (Å²) in [5.41, 5.74) is 3.68. The van der Waals surface area contributed by atoms with Gasteiger partial charge in [-0.2, -0.15) is 5.10 Å². The van der Waals surface area contributed by atoms with Gasteiger partial charge in [0.1, 0.15) is 5.69 Å². The average molecular weight is 417 g/mol. The Morgan fingerprint density at radius 1 is 1.00 bits per heavy atom. The lowest BCUT2D eigenvalue weighted by Gasteiger charge is -2.24. The van der Waals surface area contributed by atoms with E-state index in [1.807, 2.05) is 47.3 Å². The lowest BCUT2D eigenvalue weighted by molar-refractivity contribution is 0.0925. The third kappa shape index (κ3) is 4.31. The largest absolute Gasteiger partial charge is 0.342 e. The van der Waals surface area contributed by atoms with Crippen LogP contribution in [-0.4, -0.2) is 38.7 Å². The van der Waals surface area contributed by atoms with Gasteiger partial charge in [0.25, 0.3) is 5.91 Å². The topological polar surface area (TPSA) is 75.9 Å². The molecule has 1 amide bonds. The fourth-order valence-corrected chi connectivity index (χ4v) is 4.57. The molecular formula is C24H28N6O. The highest BCUT2D eigenvalue weighted by molar-refractivity contribution is 5.94. The molecular weight excluding hydrogens is 388 g/mol. The van der Waals surface area contributed by atoms with E-state index in [0.29, 0.717) is 18.2 Å². The number of rotatable bonds is 6. The van der Waals surface area contributed by atoms with E-state index in [1.165, 1.54) is 0 Å². The number of aryl methyl sites for hydroxylation is 1. The van der Waals surface area contributed by atoms with Crippen LogP contribution in [0.25, 0.3) is 0 Å². The van der Waals surface area contributed by atoms with Crippen molar-refractivity contribution >= 4 is 11.9 Å². The Hall–Kier alpha value is -3.22. The molecule has 3 aromatic rings. The summed E-state index contributed by atoms with van der Waals surface area (Å²) < 4.78 is 1.85. The molecule has 0 bridgehead atoms. The summed E-state index contributed by atoms with van der Waals surface area (Å²) in [6.45, 7) is 2.49. The van der Waals surface area contributed by atoms with E-state index >= 15 is 0 Å². The van der Waals surface area contributed by atoms with Gasteiger partial charge in [0.15, 0.2) is 0 Å². The van der Waals surface area contributed by atoms with Crippen LogP contribution in [0.15, 0.2) is 48.8 Å². The number of nitrogens with zero attached hydrogens (tertiary/aromatic N) is 5. The molecule has 1 N–H and O–H groups in total. The van der Waals surface area contributed by atoms with Crippen LogP contribution in [0.1, 0.15) is 59.0 Å². The molecule has 1 aromatic carbocycles. The van der Waals surface area contributed by atoms with Gasteiger partial charge >= 0.3 is 0 Å². The molecule has 7 nitrogen and oxygen atoms in total. The Morgan fingerprint density at radius 3 is 2.58 bits per heavy atom. The maximum atomic E-state index is 13.5. The Kier molecular flexibility index (Phi) is 5.65. The van der Waals surface area contributed by atoms with Gasteiger partial charge in [-0.3, -0.25) is 9.48 Å². The molecule has 1 aliphatic heterocycles. The molecule has 0 radical (unpaired) electrons. The zero-order chi connectivity index (χ0) is 21.0. The Morgan fingerprint density at radius 2 is 1.81 bits per heavy atom. The number of hydrogen-bond acceptors (Lipinski definition) is 5. The Bertz CT molecular complexity index is 1030. The summed E-state index contributed by atoms with van der Waals surface area (Å²) in [6, 6.07) is 11.8. The van der Waals surface area contributed by atoms with Crippen molar-refractivity contribution in [2.75, 3.05) is 18.0 Å². The lowest BCUT2D eigenvalue weighted by atomic mass is 9.94. The highest BCUT2D eigenvalue weighted by atomic mass is 16.2. The zero-order valence-electron chi connectivity index (χ0n) is 17.7. The Labute approximate surface area is 182 Å². The summed E-state index contributed by atoms with van der Waals surface area (Å²) in [6.07, 6.45) is 9.98. The van der Waals surface area contributed by atoms with Crippen molar-refractivity contribution in [2.45, 2.75) is 51.1 Å². The molecule has 3 heterocycles. The second-order valence-electron chi connectivity index (χ2n) is 8.36. The number of amides is 1. The number of carbonyl (C=O) groups excluding carboxylic acids is 1. The third-order valence-electron chi connectivity index (χ3n) is 6.21. The van der Waals surface area contributed by atoms with Crippen LogP contribution in [0.2, 0.25) is 0 Å². The number of hydrogen-bond donors (Lipinski definition) is 1. The van der Waals surface area contributed by atoms with Gasteiger partial charge in [-0.05, 0) is 50.2 Å². The molecule has 0 unspecified atom stereocenters. The maximum Gasteiger partial charge on any atom is 0.270 e. The van der Waals surface area contributed by atoms with E-state index in [2.05, 4.69) is 15.3 Å². The second-order valence-corrected chi connectivity index (χ2v) is 8.36. The first kappa shape index (κ1) is 19.7. The minimum absolute atomic E-state index is 0.123. The molecule has 0 spiro atoms. The van der Waals surface area contributed by atoms with E-state index in [9.17, 15) is 4.79 Å². The minimum Gasteiger partial charge on any atom is -0.342 e. The van der Waals surface area contributed by atoms with Crippen LogP contribution in [0.3, 0.4) is 0 Å². The number of nitrogens with one attached hydrogen (secondary N) is 1. The molecule has 1 fully saturated rings. The average Bonchev–Trinajstić information content (AvgIpc) is 3.53. The smallest absolute Gasteiger partial charge is 0.270 e. The predicted octanol–water partition coefficient (Wildman–Crippen LogP) is 3.32. The molecule has 2 aromatic heterocycles. The predicted molar refractivity (Wildman–Crippen MR) is 119 cm³/mol. The maximum absolute atomic E-state index is 13.5. The first-order chi connectivity index (χ1) is 15.3. The molecule has 2 aliphatic rings. The highest BCUT2D eigenvalue weighted by Crippen LogP contribution is 2.27. The van der Waals surface area contributed by atoms with Crippen LogP contribution in [0.5, 0.6) is 0 Å². The van der Waals surface area contributed by atoms with Crippen molar-refractivity contribution in [3.05, 3.63) is 71.3 Å². The minimum atomic E-state index is -0.196. The van der Waals surface area contributed by atoms with Gasteiger partial charge in [0.2, 0.25) is 5.95 Å². The first-order valence-electron chi connectivity index (χ1n) is 11.3. The summed E-state index contributed by atoms with van der Waals surface area (Å²) in [7, 11) is 0. The molecule has 1 atom stereocenters. The van der Waals surface area contributed by atoms with Gasteiger partial charge in [-0.1, -0.05) is 30.3 Å². The lowest BCUT2D eigenvalue weighted by Crippen LogP contribution is -2.34. The van der Waals surface area contributed by atoms with E-state index < -0.39 is 0 Å². The molecule has 7 heteroatoms. The molecule has 5 rings (SSSR count). The van der Waals surface area contributed by atoms with Crippen LogP contribution >= 0.6 is 0 Å². The fraction of sp³-hybridized carbons (Fsp3) is 0.417. The third-order valence-corrected chi connectivity index (χ3v) is 6.21. The summed E-state index contributed by atoms with van der Waals surface area (Å²) in [5, 5.41) is 7.58. The number of benzene rings is 1. The number of fused-ring (bicyclic) bond motifs is 1. The normalized spacial score (nSPS) is 16.7. The van der Waals surface area contributed by atoms with Crippen molar-refractivity contribution in [1.29, 1.82) is 0 Å². The quantitative estimate of drug-likeness (QED) is 0.667. The van der Waals surface area contributed by atoms with E-state index in [4.69, 9.17) is 9.97 Å². The van der Waals surface area contributed by atoms with Gasteiger partial charge in [0, 0.05) is 36.7 Å². The molecule has 1 aliphatic carbocycles. The van der Waals surface area contributed by atoms with Crippen molar-refractivity contribution in [3.63, 3.8) is 0 Å².